The maximum atomic E-state index is 12.3. The van der Waals surface area contributed by atoms with Crippen LogP contribution in [0.15, 0.2) is 41.5 Å². The van der Waals surface area contributed by atoms with E-state index in [0.29, 0.717) is 15.8 Å². The molecule has 2 aliphatic rings. The van der Waals surface area contributed by atoms with E-state index < -0.39 is 12.2 Å². The number of amides is 2. The van der Waals surface area contributed by atoms with Crippen molar-refractivity contribution in [3.05, 3.63) is 45.6 Å². The van der Waals surface area contributed by atoms with Crippen molar-refractivity contribution in [2.45, 2.75) is 13.0 Å². The molecule has 4 rings (SSSR count). The summed E-state index contributed by atoms with van der Waals surface area (Å²) >= 11 is 7.07. The van der Waals surface area contributed by atoms with Gasteiger partial charge in [0, 0.05) is 19.3 Å². The summed E-state index contributed by atoms with van der Waals surface area (Å²) in [5, 5.41) is 9.32. The number of anilines is 2. The first-order valence-corrected chi connectivity index (χ1v) is 10.8. The first-order chi connectivity index (χ1) is 14.4. The topological polar surface area (TPSA) is 77.5 Å². The number of carbonyl (C=O) groups is 2. The number of rotatable bonds is 5. The highest BCUT2D eigenvalue weighted by molar-refractivity contribution is 7.18. The molecule has 1 aromatic carbocycles. The minimum Gasteiger partial charge on any atom is -0.442 e. The van der Waals surface area contributed by atoms with E-state index in [0.717, 1.165) is 30.3 Å². The van der Waals surface area contributed by atoms with E-state index in [1.807, 2.05) is 43.2 Å². The van der Waals surface area contributed by atoms with Gasteiger partial charge in [0.15, 0.2) is 0 Å². The average molecular weight is 448 g/mol. The SMILES string of the molecule is CC1=NN(c2ccc(N3C[C@H](CNC(=O)c4ccc(Cl)s4)OC3=O)cc2)CCN1C. The largest absolute Gasteiger partial charge is 0.442 e. The van der Waals surface area contributed by atoms with Crippen LogP contribution in [0.1, 0.15) is 16.6 Å². The number of halogens is 1. The quantitative estimate of drug-likeness (QED) is 0.761. The lowest BCUT2D eigenvalue weighted by atomic mass is 10.2. The van der Waals surface area contributed by atoms with Crippen LogP contribution in [-0.4, -0.2) is 62.1 Å². The second-order valence-electron chi connectivity index (χ2n) is 7.14. The molecule has 1 atom stereocenters. The Balaban J connectivity index is 1.35. The first-order valence-electron chi connectivity index (χ1n) is 9.56. The monoisotopic (exact) mass is 447 g/mol. The summed E-state index contributed by atoms with van der Waals surface area (Å²) in [5.41, 5.74) is 1.72. The molecule has 2 aromatic rings. The zero-order chi connectivity index (χ0) is 21.3. The fourth-order valence-corrected chi connectivity index (χ4v) is 4.23. The predicted molar refractivity (Wildman–Crippen MR) is 119 cm³/mol. The molecule has 0 radical (unpaired) electrons. The summed E-state index contributed by atoms with van der Waals surface area (Å²) in [7, 11) is 2.02. The molecule has 2 amide bonds. The zero-order valence-electron chi connectivity index (χ0n) is 16.7. The van der Waals surface area contributed by atoms with Gasteiger partial charge in [0.1, 0.15) is 11.9 Å². The van der Waals surface area contributed by atoms with Gasteiger partial charge in [-0.05, 0) is 43.3 Å². The second kappa shape index (κ2) is 8.53. The van der Waals surface area contributed by atoms with Crippen molar-refractivity contribution < 1.29 is 14.3 Å². The van der Waals surface area contributed by atoms with E-state index in [4.69, 9.17) is 16.3 Å². The highest BCUT2D eigenvalue weighted by atomic mass is 35.5. The third kappa shape index (κ3) is 4.36. The Bertz CT molecular complexity index is 977. The number of cyclic esters (lactones) is 1. The number of hydrazone groups is 1. The van der Waals surface area contributed by atoms with Gasteiger partial charge in [-0.25, -0.2) is 4.79 Å². The van der Waals surface area contributed by atoms with Gasteiger partial charge < -0.3 is 15.0 Å². The molecule has 0 saturated carbocycles. The van der Waals surface area contributed by atoms with E-state index in [-0.39, 0.29) is 12.5 Å². The maximum Gasteiger partial charge on any atom is 0.414 e. The van der Waals surface area contributed by atoms with Crippen LogP contribution in [0.25, 0.3) is 0 Å². The van der Waals surface area contributed by atoms with Crippen molar-refractivity contribution in [3.8, 4) is 0 Å². The molecule has 158 valence electrons. The van der Waals surface area contributed by atoms with Gasteiger partial charge in [-0.2, -0.15) is 5.10 Å². The Morgan fingerprint density at radius 1 is 1.23 bits per heavy atom. The molecule has 0 bridgehead atoms. The lowest BCUT2D eigenvalue weighted by molar-refractivity contribution is 0.0920. The lowest BCUT2D eigenvalue weighted by Gasteiger charge is -2.31. The average Bonchev–Trinajstić information content (AvgIpc) is 3.34. The van der Waals surface area contributed by atoms with Crippen molar-refractivity contribution >= 4 is 52.1 Å². The van der Waals surface area contributed by atoms with Gasteiger partial charge in [0.25, 0.3) is 5.91 Å². The Morgan fingerprint density at radius 2 is 1.97 bits per heavy atom. The van der Waals surface area contributed by atoms with Crippen LogP contribution in [0.4, 0.5) is 16.2 Å². The number of nitrogens with zero attached hydrogens (tertiary/aromatic N) is 4. The number of amidine groups is 1. The number of hydrogen-bond donors (Lipinski definition) is 1. The third-order valence-corrected chi connectivity index (χ3v) is 6.32. The highest BCUT2D eigenvalue weighted by Crippen LogP contribution is 2.26. The van der Waals surface area contributed by atoms with Gasteiger partial charge in [0.2, 0.25) is 0 Å². The van der Waals surface area contributed by atoms with E-state index in [1.165, 1.54) is 11.3 Å². The van der Waals surface area contributed by atoms with Crippen LogP contribution in [0.2, 0.25) is 4.34 Å². The van der Waals surface area contributed by atoms with Gasteiger partial charge in [-0.3, -0.25) is 14.7 Å². The van der Waals surface area contributed by atoms with Crippen molar-refractivity contribution in [1.82, 2.24) is 10.2 Å². The zero-order valence-corrected chi connectivity index (χ0v) is 18.2. The van der Waals surface area contributed by atoms with Crippen molar-refractivity contribution in [2.24, 2.45) is 5.10 Å². The van der Waals surface area contributed by atoms with Crippen LogP contribution in [0.5, 0.6) is 0 Å². The number of benzene rings is 1. The number of thiophene rings is 1. The summed E-state index contributed by atoms with van der Waals surface area (Å²) in [6.07, 6.45) is -0.837. The van der Waals surface area contributed by atoms with Crippen LogP contribution in [0.3, 0.4) is 0 Å². The molecule has 1 fully saturated rings. The fraction of sp³-hybridized carbons (Fsp3) is 0.350. The standard InChI is InChI=1S/C20H22ClN5O3S/c1-13-23-26(10-9-24(13)2)15-5-3-14(4-6-15)25-12-16(29-20(25)28)11-22-19(27)17-7-8-18(21)30-17/h3-8,16H,9-12H2,1-2H3,(H,22,27)/t16-/m0/s1. The Kier molecular flexibility index (Phi) is 5.83. The summed E-state index contributed by atoms with van der Waals surface area (Å²) in [5.74, 6) is 0.733. The number of nitrogens with one attached hydrogen (secondary N) is 1. The Labute approximate surface area is 183 Å². The summed E-state index contributed by atoms with van der Waals surface area (Å²) in [6, 6.07) is 11.0. The van der Waals surface area contributed by atoms with Crippen LogP contribution >= 0.6 is 22.9 Å². The maximum absolute atomic E-state index is 12.3. The first kappa shape index (κ1) is 20.5. The Morgan fingerprint density at radius 3 is 2.63 bits per heavy atom. The molecular weight excluding hydrogens is 426 g/mol. The van der Waals surface area contributed by atoms with E-state index in [1.54, 1.807) is 17.0 Å². The van der Waals surface area contributed by atoms with Crippen LogP contribution in [0, 0.1) is 0 Å². The number of carbonyl (C=O) groups excluding carboxylic acids is 2. The molecule has 0 aliphatic carbocycles. The normalized spacial score (nSPS) is 19.0. The molecule has 1 saturated heterocycles. The van der Waals surface area contributed by atoms with Gasteiger partial charge >= 0.3 is 6.09 Å². The second-order valence-corrected chi connectivity index (χ2v) is 8.85. The molecule has 0 unspecified atom stereocenters. The summed E-state index contributed by atoms with van der Waals surface area (Å²) in [6.45, 7) is 4.29. The summed E-state index contributed by atoms with van der Waals surface area (Å²) < 4.78 is 5.96. The van der Waals surface area contributed by atoms with Crippen LogP contribution < -0.4 is 15.2 Å². The molecule has 1 aromatic heterocycles. The number of likely N-dealkylation sites (N-methyl/N-ethyl adjacent to an activating group) is 1. The van der Waals surface area contributed by atoms with E-state index in [9.17, 15) is 9.59 Å². The van der Waals surface area contributed by atoms with E-state index in [2.05, 4.69) is 15.3 Å². The highest BCUT2D eigenvalue weighted by Gasteiger charge is 2.32. The minimum atomic E-state index is -0.422. The van der Waals surface area contributed by atoms with Crippen molar-refractivity contribution in [3.63, 3.8) is 0 Å². The van der Waals surface area contributed by atoms with Crippen LogP contribution in [-0.2, 0) is 4.74 Å². The third-order valence-electron chi connectivity index (χ3n) is 5.09. The fourth-order valence-electron chi connectivity index (χ4n) is 3.27. The smallest absolute Gasteiger partial charge is 0.414 e. The van der Waals surface area contributed by atoms with Crippen molar-refractivity contribution in [1.29, 1.82) is 0 Å². The van der Waals surface area contributed by atoms with Crippen molar-refractivity contribution in [2.75, 3.05) is 43.1 Å². The predicted octanol–water partition coefficient (Wildman–Crippen LogP) is 3.24. The molecule has 2 aliphatic heterocycles. The molecule has 30 heavy (non-hydrogen) atoms. The lowest BCUT2D eigenvalue weighted by Crippen LogP contribution is -2.40. The van der Waals surface area contributed by atoms with Gasteiger partial charge in [-0.1, -0.05) is 11.6 Å². The number of hydrogen-bond acceptors (Lipinski definition) is 7. The molecule has 8 nitrogen and oxygen atoms in total. The van der Waals surface area contributed by atoms with Gasteiger partial charge in [0.05, 0.1) is 34.5 Å². The van der Waals surface area contributed by atoms with Gasteiger partial charge in [-0.15, -0.1) is 11.3 Å². The van der Waals surface area contributed by atoms with E-state index >= 15 is 0 Å². The summed E-state index contributed by atoms with van der Waals surface area (Å²) in [4.78, 5) is 28.7. The Hall–Kier alpha value is -2.78. The number of ether oxygens (including phenoxy) is 1. The molecule has 1 N–H and O–H groups in total. The molecule has 3 heterocycles. The molecule has 0 spiro atoms. The minimum absolute atomic E-state index is 0.228. The molecular formula is C20H22ClN5O3S. The molecule has 10 heteroatoms.